The second kappa shape index (κ2) is 4.34. The molecule has 3 rings (SSSR count). The van der Waals surface area contributed by atoms with Gasteiger partial charge >= 0.3 is 0 Å². The number of aromatic nitrogens is 2. The number of benzene rings is 1. The van der Waals surface area contributed by atoms with Crippen LogP contribution in [0.15, 0.2) is 30.6 Å². The summed E-state index contributed by atoms with van der Waals surface area (Å²) in [4.78, 5) is 9.46. The molecule has 3 aromatic rings. The lowest BCUT2D eigenvalue weighted by atomic mass is 10.0. The number of thiophene rings is 1. The van der Waals surface area contributed by atoms with Crippen LogP contribution in [0.3, 0.4) is 0 Å². The van der Waals surface area contributed by atoms with Crippen LogP contribution < -0.4 is 0 Å². The van der Waals surface area contributed by atoms with E-state index in [-0.39, 0.29) is 0 Å². The van der Waals surface area contributed by atoms with E-state index in [1.165, 1.54) is 27.9 Å². The Morgan fingerprint density at radius 3 is 2.72 bits per heavy atom. The summed E-state index contributed by atoms with van der Waals surface area (Å²) < 4.78 is 0.954. The minimum atomic E-state index is 0.529. The number of hydrogen-bond acceptors (Lipinski definition) is 3. The van der Waals surface area contributed by atoms with Gasteiger partial charge in [-0.1, -0.05) is 35.4 Å². The Bertz CT molecular complexity index is 734. The summed E-state index contributed by atoms with van der Waals surface area (Å²) in [6.45, 7) is 4.22. The molecule has 0 spiro atoms. The van der Waals surface area contributed by atoms with Crippen LogP contribution in [0, 0.1) is 13.8 Å². The molecule has 90 valence electrons. The second-order valence-electron chi connectivity index (χ2n) is 4.31. The Morgan fingerprint density at radius 1 is 1.11 bits per heavy atom. The van der Waals surface area contributed by atoms with Crippen molar-refractivity contribution in [3.63, 3.8) is 0 Å². The molecule has 0 saturated heterocycles. The molecule has 0 saturated carbocycles. The van der Waals surface area contributed by atoms with Gasteiger partial charge in [-0.15, -0.1) is 11.3 Å². The van der Waals surface area contributed by atoms with Gasteiger partial charge in [0.2, 0.25) is 0 Å². The van der Waals surface area contributed by atoms with Gasteiger partial charge in [0.05, 0.1) is 10.2 Å². The van der Waals surface area contributed by atoms with E-state index in [9.17, 15) is 0 Å². The Balaban J connectivity index is 2.26. The van der Waals surface area contributed by atoms with Gasteiger partial charge in [-0.2, -0.15) is 0 Å². The molecule has 4 heteroatoms. The molecule has 0 aliphatic heterocycles. The van der Waals surface area contributed by atoms with E-state index < -0.39 is 0 Å². The summed E-state index contributed by atoms with van der Waals surface area (Å²) in [5, 5.41) is 0.529. The van der Waals surface area contributed by atoms with Crippen LogP contribution >= 0.6 is 22.9 Å². The van der Waals surface area contributed by atoms with Crippen molar-refractivity contribution < 1.29 is 0 Å². The maximum Gasteiger partial charge on any atom is 0.150 e. The number of halogens is 1. The molecule has 2 heterocycles. The van der Waals surface area contributed by atoms with E-state index in [0.717, 1.165) is 10.2 Å². The van der Waals surface area contributed by atoms with Crippen molar-refractivity contribution >= 4 is 33.2 Å². The summed E-state index contributed by atoms with van der Waals surface area (Å²) in [5.41, 5.74) is 4.67. The smallest absolute Gasteiger partial charge is 0.150 e. The van der Waals surface area contributed by atoms with Gasteiger partial charge in [0.1, 0.15) is 11.5 Å². The zero-order chi connectivity index (χ0) is 12.7. The number of nitrogens with zero attached hydrogens (tertiary/aromatic N) is 2. The van der Waals surface area contributed by atoms with Crippen molar-refractivity contribution in [1.29, 1.82) is 0 Å². The van der Waals surface area contributed by atoms with E-state index >= 15 is 0 Å². The minimum absolute atomic E-state index is 0.529. The highest BCUT2D eigenvalue weighted by Gasteiger charge is 2.10. The van der Waals surface area contributed by atoms with E-state index in [1.807, 2.05) is 0 Å². The molecular weight excluding hydrogens is 264 g/mol. The van der Waals surface area contributed by atoms with Crippen molar-refractivity contribution in [1.82, 2.24) is 9.97 Å². The van der Waals surface area contributed by atoms with Crippen LogP contribution in [0.25, 0.3) is 20.7 Å². The first-order valence-electron chi connectivity index (χ1n) is 5.63. The Morgan fingerprint density at radius 2 is 1.94 bits per heavy atom. The van der Waals surface area contributed by atoms with Gasteiger partial charge in [-0.25, -0.2) is 9.97 Å². The van der Waals surface area contributed by atoms with Gasteiger partial charge in [-0.05, 0) is 31.0 Å². The van der Waals surface area contributed by atoms with Crippen molar-refractivity contribution in [2.75, 3.05) is 0 Å². The molecule has 0 aliphatic rings. The lowest BCUT2D eigenvalue weighted by molar-refractivity contribution is 1.23. The Hall–Kier alpha value is -1.45. The normalized spacial score (nSPS) is 11.1. The fourth-order valence-electron chi connectivity index (χ4n) is 1.96. The van der Waals surface area contributed by atoms with Gasteiger partial charge in [-0.3, -0.25) is 0 Å². The van der Waals surface area contributed by atoms with Crippen LogP contribution in [-0.2, 0) is 0 Å². The molecule has 0 fully saturated rings. The molecule has 0 radical (unpaired) electrons. The molecular formula is C14H11ClN2S. The predicted molar refractivity (Wildman–Crippen MR) is 77.3 cm³/mol. The van der Waals surface area contributed by atoms with Gasteiger partial charge < -0.3 is 0 Å². The van der Waals surface area contributed by atoms with E-state index in [0.29, 0.717) is 5.15 Å². The molecule has 2 aromatic heterocycles. The molecule has 0 bridgehead atoms. The highest BCUT2D eigenvalue weighted by Crippen LogP contribution is 2.36. The standard InChI is InChI=1S/C14H11ClN2S/c1-8-3-4-9(2)10(5-8)12-6-11-13(18-12)14(15)17-7-16-11/h3-7H,1-2H3. The monoisotopic (exact) mass is 274 g/mol. The predicted octanol–water partition coefficient (Wildman–Crippen LogP) is 4.63. The zero-order valence-corrected chi connectivity index (χ0v) is 11.6. The van der Waals surface area contributed by atoms with E-state index in [2.05, 4.69) is 48.1 Å². The zero-order valence-electron chi connectivity index (χ0n) is 10.1. The topological polar surface area (TPSA) is 25.8 Å². The first kappa shape index (κ1) is 11.6. The molecule has 0 unspecified atom stereocenters. The molecule has 2 nitrogen and oxygen atoms in total. The lowest BCUT2D eigenvalue weighted by Gasteiger charge is -2.03. The van der Waals surface area contributed by atoms with Crippen LogP contribution in [0.4, 0.5) is 0 Å². The SMILES string of the molecule is Cc1ccc(C)c(-c2cc3ncnc(Cl)c3s2)c1. The van der Waals surface area contributed by atoms with Crippen molar-refractivity contribution in [3.8, 4) is 10.4 Å². The first-order valence-corrected chi connectivity index (χ1v) is 6.82. The highest BCUT2D eigenvalue weighted by molar-refractivity contribution is 7.22. The highest BCUT2D eigenvalue weighted by atomic mass is 35.5. The molecule has 0 aliphatic carbocycles. The third-order valence-corrected chi connectivity index (χ3v) is 4.49. The maximum absolute atomic E-state index is 6.09. The third-order valence-electron chi connectivity index (χ3n) is 2.93. The summed E-state index contributed by atoms with van der Waals surface area (Å²) in [5.74, 6) is 0. The number of hydrogen-bond donors (Lipinski definition) is 0. The van der Waals surface area contributed by atoms with Gasteiger partial charge in [0.15, 0.2) is 0 Å². The Kier molecular flexibility index (Phi) is 2.80. The van der Waals surface area contributed by atoms with Crippen molar-refractivity contribution in [3.05, 3.63) is 46.9 Å². The van der Waals surface area contributed by atoms with Crippen LogP contribution in [0.5, 0.6) is 0 Å². The van der Waals surface area contributed by atoms with E-state index in [4.69, 9.17) is 11.6 Å². The first-order chi connectivity index (χ1) is 8.65. The third kappa shape index (κ3) is 1.89. The van der Waals surface area contributed by atoms with Crippen molar-refractivity contribution in [2.45, 2.75) is 13.8 Å². The van der Waals surface area contributed by atoms with Crippen LogP contribution in [0.1, 0.15) is 11.1 Å². The largest absolute Gasteiger partial charge is 0.235 e. The number of aryl methyl sites for hydroxylation is 2. The second-order valence-corrected chi connectivity index (χ2v) is 5.72. The fourth-order valence-corrected chi connectivity index (χ4v) is 3.29. The molecule has 0 amide bonds. The van der Waals surface area contributed by atoms with Crippen LogP contribution in [0.2, 0.25) is 5.15 Å². The van der Waals surface area contributed by atoms with Crippen LogP contribution in [-0.4, -0.2) is 9.97 Å². The van der Waals surface area contributed by atoms with Gasteiger partial charge in [0.25, 0.3) is 0 Å². The molecule has 0 N–H and O–H groups in total. The fraction of sp³-hybridized carbons (Fsp3) is 0.143. The summed E-state index contributed by atoms with van der Waals surface area (Å²) in [6.07, 6.45) is 1.50. The summed E-state index contributed by atoms with van der Waals surface area (Å²) >= 11 is 7.73. The average molecular weight is 275 g/mol. The van der Waals surface area contributed by atoms with Crippen molar-refractivity contribution in [2.24, 2.45) is 0 Å². The number of fused-ring (bicyclic) bond motifs is 1. The molecule has 0 atom stereocenters. The van der Waals surface area contributed by atoms with E-state index in [1.54, 1.807) is 11.3 Å². The average Bonchev–Trinajstić information content (AvgIpc) is 2.77. The summed E-state index contributed by atoms with van der Waals surface area (Å²) in [6, 6.07) is 8.54. The molecule has 1 aromatic carbocycles. The summed E-state index contributed by atoms with van der Waals surface area (Å²) in [7, 11) is 0. The number of rotatable bonds is 1. The molecule has 18 heavy (non-hydrogen) atoms. The minimum Gasteiger partial charge on any atom is -0.235 e. The quantitative estimate of drug-likeness (QED) is 0.605. The lowest BCUT2D eigenvalue weighted by Crippen LogP contribution is -1.81. The maximum atomic E-state index is 6.09. The Labute approximate surface area is 114 Å². The van der Waals surface area contributed by atoms with Gasteiger partial charge in [0, 0.05) is 4.88 Å².